The fraction of sp³-hybridized carbons (Fsp3) is 1.00. The molecule has 0 aliphatic carbocycles. The summed E-state index contributed by atoms with van der Waals surface area (Å²) in [7, 11) is 4.38. The lowest BCUT2D eigenvalue weighted by molar-refractivity contribution is 0.231. The van der Waals surface area contributed by atoms with E-state index in [1.54, 1.807) is 0 Å². The Morgan fingerprint density at radius 2 is 2.23 bits per heavy atom. The van der Waals surface area contributed by atoms with E-state index in [0.29, 0.717) is 6.04 Å². The van der Waals surface area contributed by atoms with Crippen LogP contribution in [0.15, 0.2) is 0 Å². The topological polar surface area (TPSA) is 32.5 Å². The molecule has 3 heteroatoms. The van der Waals surface area contributed by atoms with Crippen LogP contribution in [0.1, 0.15) is 20.3 Å². The van der Waals surface area contributed by atoms with Gasteiger partial charge in [-0.1, -0.05) is 0 Å². The van der Waals surface area contributed by atoms with E-state index in [2.05, 4.69) is 37.7 Å². The second kappa shape index (κ2) is 4.40. The first-order valence-corrected chi connectivity index (χ1v) is 5.16. The Bertz CT molecular complexity index is 148. The number of likely N-dealkylation sites (tertiary alicyclic amines) is 1. The summed E-state index contributed by atoms with van der Waals surface area (Å²) >= 11 is 0. The molecule has 1 aliphatic rings. The summed E-state index contributed by atoms with van der Waals surface area (Å²) in [6.07, 6.45) is 1.28. The van der Waals surface area contributed by atoms with E-state index in [0.717, 1.165) is 12.6 Å². The fourth-order valence-corrected chi connectivity index (χ4v) is 2.08. The summed E-state index contributed by atoms with van der Waals surface area (Å²) in [5.41, 5.74) is 5.77. The summed E-state index contributed by atoms with van der Waals surface area (Å²) in [5, 5.41) is 0. The van der Waals surface area contributed by atoms with E-state index in [1.807, 2.05) is 0 Å². The van der Waals surface area contributed by atoms with Gasteiger partial charge in [0.05, 0.1) is 0 Å². The van der Waals surface area contributed by atoms with Crippen LogP contribution in [0.2, 0.25) is 0 Å². The average Bonchev–Trinajstić information content (AvgIpc) is 2.31. The van der Waals surface area contributed by atoms with Crippen molar-refractivity contribution in [1.82, 2.24) is 9.80 Å². The second-order valence-corrected chi connectivity index (χ2v) is 4.59. The van der Waals surface area contributed by atoms with Crippen molar-refractivity contribution in [2.24, 2.45) is 5.73 Å². The van der Waals surface area contributed by atoms with Gasteiger partial charge in [0.15, 0.2) is 0 Å². The molecule has 0 saturated carbocycles. The number of nitrogens with two attached hydrogens (primary N) is 1. The highest BCUT2D eigenvalue weighted by atomic mass is 15.2. The third-order valence-corrected chi connectivity index (χ3v) is 3.06. The van der Waals surface area contributed by atoms with Gasteiger partial charge in [-0.15, -0.1) is 0 Å². The number of rotatable bonds is 3. The number of hydrogen-bond donors (Lipinski definition) is 1. The maximum absolute atomic E-state index is 5.77. The largest absolute Gasteiger partial charge is 0.327 e. The Morgan fingerprint density at radius 1 is 1.62 bits per heavy atom. The van der Waals surface area contributed by atoms with Crippen LogP contribution in [0.5, 0.6) is 0 Å². The van der Waals surface area contributed by atoms with Crippen molar-refractivity contribution in [3.63, 3.8) is 0 Å². The molecule has 2 N–H and O–H groups in total. The molecule has 1 heterocycles. The van der Waals surface area contributed by atoms with Crippen LogP contribution >= 0.6 is 0 Å². The highest BCUT2D eigenvalue weighted by Gasteiger charge is 2.28. The van der Waals surface area contributed by atoms with Gasteiger partial charge in [-0.3, -0.25) is 0 Å². The van der Waals surface area contributed by atoms with Crippen LogP contribution in [0.4, 0.5) is 0 Å². The lowest BCUT2D eigenvalue weighted by Crippen LogP contribution is -2.40. The normalized spacial score (nSPS) is 32.8. The molecule has 1 aliphatic heterocycles. The summed E-state index contributed by atoms with van der Waals surface area (Å²) in [5.74, 6) is 0. The van der Waals surface area contributed by atoms with Crippen LogP contribution in [0.3, 0.4) is 0 Å². The van der Waals surface area contributed by atoms with Gasteiger partial charge in [-0.2, -0.15) is 0 Å². The molecule has 13 heavy (non-hydrogen) atoms. The first-order chi connectivity index (χ1) is 6.00. The van der Waals surface area contributed by atoms with E-state index in [1.165, 1.54) is 13.0 Å². The molecule has 0 aromatic carbocycles. The summed E-state index contributed by atoms with van der Waals surface area (Å²) in [6.45, 7) is 6.55. The van der Waals surface area contributed by atoms with Crippen molar-refractivity contribution in [2.75, 3.05) is 27.2 Å². The van der Waals surface area contributed by atoms with Crippen LogP contribution in [0.25, 0.3) is 0 Å². The molecule has 3 unspecified atom stereocenters. The van der Waals surface area contributed by atoms with Crippen molar-refractivity contribution >= 4 is 0 Å². The third-order valence-electron chi connectivity index (χ3n) is 3.06. The lowest BCUT2D eigenvalue weighted by atomic mass is 10.1. The van der Waals surface area contributed by atoms with Gasteiger partial charge in [-0.25, -0.2) is 0 Å². The summed E-state index contributed by atoms with van der Waals surface area (Å²) < 4.78 is 0. The van der Waals surface area contributed by atoms with E-state index < -0.39 is 0 Å². The van der Waals surface area contributed by atoms with Crippen molar-refractivity contribution < 1.29 is 0 Å². The molecule has 1 saturated heterocycles. The van der Waals surface area contributed by atoms with Crippen LogP contribution in [0, 0.1) is 0 Å². The molecule has 3 atom stereocenters. The summed E-state index contributed by atoms with van der Waals surface area (Å²) in [6, 6.07) is 1.71. The number of hydrogen-bond acceptors (Lipinski definition) is 3. The van der Waals surface area contributed by atoms with Gasteiger partial charge in [0.1, 0.15) is 0 Å². The molecule has 0 amide bonds. The average molecular weight is 185 g/mol. The maximum atomic E-state index is 5.77. The van der Waals surface area contributed by atoms with E-state index in [-0.39, 0.29) is 6.04 Å². The molecule has 0 radical (unpaired) electrons. The smallest absolute Gasteiger partial charge is 0.0235 e. The van der Waals surface area contributed by atoms with E-state index in [9.17, 15) is 0 Å². The molecule has 1 rings (SSSR count). The maximum Gasteiger partial charge on any atom is 0.0235 e. The van der Waals surface area contributed by atoms with Gasteiger partial charge in [0.2, 0.25) is 0 Å². The Labute approximate surface area is 81.9 Å². The highest BCUT2D eigenvalue weighted by molar-refractivity contribution is 4.86. The van der Waals surface area contributed by atoms with E-state index >= 15 is 0 Å². The monoisotopic (exact) mass is 185 g/mol. The van der Waals surface area contributed by atoms with Crippen molar-refractivity contribution in [3.05, 3.63) is 0 Å². The highest BCUT2D eigenvalue weighted by Crippen LogP contribution is 2.18. The number of nitrogens with zero attached hydrogens (tertiary/aromatic N) is 2. The molecule has 0 bridgehead atoms. The Kier molecular flexibility index (Phi) is 3.71. The van der Waals surface area contributed by atoms with Gasteiger partial charge >= 0.3 is 0 Å². The molecule has 0 aromatic heterocycles. The third kappa shape index (κ3) is 2.93. The minimum atomic E-state index is 0.284. The van der Waals surface area contributed by atoms with Crippen LogP contribution < -0.4 is 5.73 Å². The number of likely N-dealkylation sites (N-methyl/N-ethyl adjacent to an activating group) is 2. The Hall–Kier alpha value is -0.120. The molecule has 0 spiro atoms. The zero-order valence-electron chi connectivity index (χ0n) is 9.33. The fourth-order valence-electron chi connectivity index (χ4n) is 2.08. The Balaban J connectivity index is 2.37. The predicted octanol–water partition coefficient (Wildman–Crippen LogP) is 0.358. The van der Waals surface area contributed by atoms with Crippen LogP contribution in [-0.2, 0) is 0 Å². The van der Waals surface area contributed by atoms with E-state index in [4.69, 9.17) is 5.73 Å². The van der Waals surface area contributed by atoms with Crippen molar-refractivity contribution in [2.45, 2.75) is 38.4 Å². The zero-order chi connectivity index (χ0) is 10.0. The SMILES string of the molecule is CC(N)CN(C)C1CC(C)N(C)C1. The van der Waals surface area contributed by atoms with Gasteiger partial charge in [-0.05, 0) is 34.4 Å². The van der Waals surface area contributed by atoms with Gasteiger partial charge < -0.3 is 15.5 Å². The van der Waals surface area contributed by atoms with Gasteiger partial charge in [0.25, 0.3) is 0 Å². The molecular weight excluding hydrogens is 162 g/mol. The minimum Gasteiger partial charge on any atom is -0.327 e. The Morgan fingerprint density at radius 3 is 2.62 bits per heavy atom. The second-order valence-electron chi connectivity index (χ2n) is 4.59. The van der Waals surface area contributed by atoms with Crippen molar-refractivity contribution in [3.8, 4) is 0 Å². The molecular formula is C10H23N3. The van der Waals surface area contributed by atoms with Crippen molar-refractivity contribution in [1.29, 1.82) is 0 Å². The standard InChI is InChI=1S/C10H23N3/c1-8(11)6-13(4)10-5-9(2)12(3)7-10/h8-10H,5-7,11H2,1-4H3. The zero-order valence-corrected chi connectivity index (χ0v) is 9.33. The first kappa shape index (κ1) is 11.0. The minimum absolute atomic E-state index is 0.284. The lowest BCUT2D eigenvalue weighted by Gasteiger charge is -2.25. The first-order valence-electron chi connectivity index (χ1n) is 5.16. The molecule has 1 fully saturated rings. The van der Waals surface area contributed by atoms with Crippen LogP contribution in [-0.4, -0.2) is 55.1 Å². The summed E-state index contributed by atoms with van der Waals surface area (Å²) in [4.78, 5) is 4.81. The quantitative estimate of drug-likeness (QED) is 0.689. The molecule has 0 aromatic rings. The van der Waals surface area contributed by atoms with Gasteiger partial charge in [0, 0.05) is 31.2 Å². The predicted molar refractivity (Wildman–Crippen MR) is 56.8 cm³/mol. The molecule has 78 valence electrons. The molecule has 3 nitrogen and oxygen atoms in total.